The fourth-order valence-electron chi connectivity index (χ4n) is 2.86. The number of ether oxygens (including phenoxy) is 1. The predicted octanol–water partition coefficient (Wildman–Crippen LogP) is 3.61. The summed E-state index contributed by atoms with van der Waals surface area (Å²) in [4.78, 5) is 14.8. The van der Waals surface area contributed by atoms with Gasteiger partial charge in [-0.05, 0) is 60.5 Å². The van der Waals surface area contributed by atoms with Crippen LogP contribution in [0, 0.1) is 0 Å². The van der Waals surface area contributed by atoms with Gasteiger partial charge in [0.1, 0.15) is 12.4 Å². The van der Waals surface area contributed by atoms with Crippen LogP contribution in [-0.4, -0.2) is 30.5 Å². The van der Waals surface area contributed by atoms with Crippen molar-refractivity contribution < 1.29 is 9.53 Å². The molecular weight excluding hydrogens is 350 g/mol. The molecule has 0 aliphatic heterocycles. The Kier molecular flexibility index (Phi) is 6.52. The Labute approximate surface area is 165 Å². The van der Waals surface area contributed by atoms with Crippen LogP contribution in [-0.2, 0) is 6.42 Å². The average molecular weight is 375 g/mol. The van der Waals surface area contributed by atoms with E-state index in [9.17, 15) is 4.79 Å². The molecule has 0 fully saturated rings. The average Bonchev–Trinajstić information content (AvgIpc) is 2.73. The van der Waals surface area contributed by atoms with Crippen molar-refractivity contribution in [2.45, 2.75) is 6.42 Å². The number of nitrogens with two attached hydrogens (primary N) is 2. The second kappa shape index (κ2) is 9.46. The van der Waals surface area contributed by atoms with Crippen LogP contribution in [0.25, 0.3) is 0 Å². The summed E-state index contributed by atoms with van der Waals surface area (Å²) in [5, 5.41) is 0. The zero-order valence-corrected chi connectivity index (χ0v) is 15.8. The van der Waals surface area contributed by atoms with E-state index in [2.05, 4.69) is 0 Å². The van der Waals surface area contributed by atoms with Gasteiger partial charge in [-0.1, -0.05) is 30.3 Å². The maximum absolute atomic E-state index is 12.9. The molecule has 0 atom stereocenters. The molecule has 0 aliphatic carbocycles. The van der Waals surface area contributed by atoms with Crippen LogP contribution in [0.1, 0.15) is 15.9 Å². The second-order valence-corrected chi connectivity index (χ2v) is 6.57. The summed E-state index contributed by atoms with van der Waals surface area (Å²) < 4.78 is 5.78. The summed E-state index contributed by atoms with van der Waals surface area (Å²) in [5.41, 5.74) is 14.7. The van der Waals surface area contributed by atoms with Gasteiger partial charge in [-0.2, -0.15) is 0 Å². The van der Waals surface area contributed by atoms with E-state index in [1.165, 1.54) is 0 Å². The first kappa shape index (κ1) is 19.3. The van der Waals surface area contributed by atoms with Crippen LogP contribution in [0.4, 0.5) is 11.4 Å². The van der Waals surface area contributed by atoms with Crippen LogP contribution in [0.3, 0.4) is 0 Å². The first-order valence-electron chi connectivity index (χ1n) is 9.29. The molecular formula is C23H25N3O2. The molecule has 0 saturated heterocycles. The fraction of sp³-hybridized carbons (Fsp3) is 0.174. The molecule has 3 rings (SSSR count). The molecule has 4 N–H and O–H groups in total. The molecule has 0 radical (unpaired) electrons. The van der Waals surface area contributed by atoms with E-state index in [0.29, 0.717) is 30.9 Å². The highest BCUT2D eigenvalue weighted by molar-refractivity contribution is 5.94. The van der Waals surface area contributed by atoms with Crippen LogP contribution >= 0.6 is 0 Å². The molecule has 1 amide bonds. The quantitative estimate of drug-likeness (QED) is 0.589. The van der Waals surface area contributed by atoms with E-state index < -0.39 is 0 Å². The van der Waals surface area contributed by atoms with Gasteiger partial charge in [0.25, 0.3) is 5.91 Å². The summed E-state index contributed by atoms with van der Waals surface area (Å²) in [6, 6.07) is 24.3. The summed E-state index contributed by atoms with van der Waals surface area (Å²) in [7, 11) is 0. The van der Waals surface area contributed by atoms with E-state index in [-0.39, 0.29) is 5.91 Å². The lowest BCUT2D eigenvalue weighted by atomic mass is 10.1. The van der Waals surface area contributed by atoms with Crippen LogP contribution in [0.2, 0.25) is 0 Å². The molecule has 0 spiro atoms. The van der Waals surface area contributed by atoms with Crippen molar-refractivity contribution in [1.29, 1.82) is 0 Å². The second-order valence-electron chi connectivity index (χ2n) is 6.57. The van der Waals surface area contributed by atoms with Crippen molar-refractivity contribution in [3.8, 4) is 5.75 Å². The van der Waals surface area contributed by atoms with E-state index in [4.69, 9.17) is 16.2 Å². The molecule has 0 unspecified atom stereocenters. The number of benzene rings is 3. The van der Waals surface area contributed by atoms with Crippen molar-refractivity contribution in [2.75, 3.05) is 31.2 Å². The largest absolute Gasteiger partial charge is 0.492 e. The lowest BCUT2D eigenvalue weighted by Crippen LogP contribution is -2.36. The monoisotopic (exact) mass is 375 g/mol. The number of hydrogen-bond acceptors (Lipinski definition) is 4. The highest BCUT2D eigenvalue weighted by Crippen LogP contribution is 2.14. The molecule has 3 aromatic carbocycles. The molecule has 0 aliphatic rings. The van der Waals surface area contributed by atoms with Crippen molar-refractivity contribution in [3.05, 3.63) is 90.0 Å². The number of carbonyl (C=O) groups is 1. The van der Waals surface area contributed by atoms with E-state index >= 15 is 0 Å². The zero-order valence-electron chi connectivity index (χ0n) is 15.8. The summed E-state index contributed by atoms with van der Waals surface area (Å²) in [5.74, 6) is 0.733. The molecule has 0 aromatic heterocycles. The normalized spacial score (nSPS) is 10.4. The van der Waals surface area contributed by atoms with Gasteiger partial charge in [0.15, 0.2) is 0 Å². The molecule has 0 saturated carbocycles. The third kappa shape index (κ3) is 5.51. The number of anilines is 2. The molecule has 5 nitrogen and oxygen atoms in total. The molecule has 28 heavy (non-hydrogen) atoms. The van der Waals surface area contributed by atoms with Gasteiger partial charge >= 0.3 is 0 Å². The fourth-order valence-corrected chi connectivity index (χ4v) is 2.86. The predicted molar refractivity (Wildman–Crippen MR) is 113 cm³/mol. The van der Waals surface area contributed by atoms with Crippen LogP contribution in [0.5, 0.6) is 5.75 Å². The standard InChI is InChI=1S/C23H25N3O2/c24-20-8-6-18(7-9-20)14-15-26(23(27)19-4-2-1-3-5-19)16-17-28-22-12-10-21(25)11-13-22/h1-13H,14-17,24-25H2. The SMILES string of the molecule is Nc1ccc(CCN(CCOc2ccc(N)cc2)C(=O)c2ccccc2)cc1. The first-order valence-corrected chi connectivity index (χ1v) is 9.29. The minimum absolute atomic E-state index is 0.00282. The van der Waals surface area contributed by atoms with Gasteiger partial charge in [-0.25, -0.2) is 0 Å². The summed E-state index contributed by atoms with van der Waals surface area (Å²) in [6.45, 7) is 1.50. The Bertz CT molecular complexity index is 878. The van der Waals surface area contributed by atoms with Crippen LogP contribution in [0.15, 0.2) is 78.9 Å². The van der Waals surface area contributed by atoms with Crippen molar-refractivity contribution >= 4 is 17.3 Å². The molecule has 3 aromatic rings. The Hall–Kier alpha value is -3.47. The highest BCUT2D eigenvalue weighted by atomic mass is 16.5. The number of carbonyl (C=O) groups excluding carboxylic acids is 1. The van der Waals surface area contributed by atoms with Crippen LogP contribution < -0.4 is 16.2 Å². The number of nitrogens with zero attached hydrogens (tertiary/aromatic N) is 1. The van der Waals surface area contributed by atoms with Gasteiger partial charge in [-0.3, -0.25) is 4.79 Å². The number of nitrogen functional groups attached to an aromatic ring is 2. The third-order valence-electron chi connectivity index (χ3n) is 4.47. The van der Waals surface area contributed by atoms with Crippen molar-refractivity contribution in [2.24, 2.45) is 0 Å². The molecule has 5 heteroatoms. The number of hydrogen-bond donors (Lipinski definition) is 2. The lowest BCUT2D eigenvalue weighted by Gasteiger charge is -2.23. The molecule has 144 valence electrons. The van der Waals surface area contributed by atoms with Gasteiger partial charge in [0.2, 0.25) is 0 Å². The summed E-state index contributed by atoms with van der Waals surface area (Å²) in [6.07, 6.45) is 0.751. The summed E-state index contributed by atoms with van der Waals surface area (Å²) >= 11 is 0. The van der Waals surface area contributed by atoms with Gasteiger partial charge in [0, 0.05) is 23.5 Å². The van der Waals surface area contributed by atoms with E-state index in [1.807, 2.05) is 71.6 Å². The minimum Gasteiger partial charge on any atom is -0.492 e. The number of rotatable bonds is 8. The molecule has 0 bridgehead atoms. The number of amides is 1. The highest BCUT2D eigenvalue weighted by Gasteiger charge is 2.15. The van der Waals surface area contributed by atoms with Gasteiger partial charge in [0.05, 0.1) is 6.54 Å². The maximum Gasteiger partial charge on any atom is 0.253 e. The first-order chi connectivity index (χ1) is 13.6. The Morgan fingerprint density at radius 1 is 0.786 bits per heavy atom. The topological polar surface area (TPSA) is 81.6 Å². The van der Waals surface area contributed by atoms with Gasteiger partial charge < -0.3 is 21.1 Å². The van der Waals surface area contributed by atoms with E-state index in [1.54, 1.807) is 12.1 Å². The Balaban J connectivity index is 1.63. The zero-order chi connectivity index (χ0) is 19.8. The lowest BCUT2D eigenvalue weighted by molar-refractivity contribution is 0.0732. The minimum atomic E-state index is -0.00282. The third-order valence-corrected chi connectivity index (χ3v) is 4.47. The van der Waals surface area contributed by atoms with Gasteiger partial charge in [-0.15, -0.1) is 0 Å². The van der Waals surface area contributed by atoms with E-state index in [0.717, 1.165) is 23.4 Å². The molecule has 0 heterocycles. The Morgan fingerprint density at radius 3 is 2.04 bits per heavy atom. The Morgan fingerprint density at radius 2 is 1.39 bits per heavy atom. The maximum atomic E-state index is 12.9. The van der Waals surface area contributed by atoms with Crippen molar-refractivity contribution in [3.63, 3.8) is 0 Å². The van der Waals surface area contributed by atoms with Crippen molar-refractivity contribution in [1.82, 2.24) is 4.90 Å². The smallest absolute Gasteiger partial charge is 0.253 e.